The number of rotatable bonds is 2. The van der Waals surface area contributed by atoms with Crippen LogP contribution in [-0.2, 0) is 6.67 Å². The molecule has 0 radical (unpaired) electrons. The van der Waals surface area contributed by atoms with E-state index >= 15 is 0 Å². The van der Waals surface area contributed by atoms with Gasteiger partial charge in [0.1, 0.15) is 5.65 Å². The number of pyridine rings is 1. The molecule has 0 saturated carbocycles. The largest absolute Gasteiger partial charge is 0.319 e. The van der Waals surface area contributed by atoms with Crippen LogP contribution in [0.2, 0.25) is 0 Å². The highest BCUT2D eigenvalue weighted by atomic mass is 15.2. The highest BCUT2D eigenvalue weighted by Gasteiger charge is 2.00. The van der Waals surface area contributed by atoms with E-state index in [2.05, 4.69) is 46.9 Å². The first-order valence-electron chi connectivity index (χ1n) is 4.32. The summed E-state index contributed by atoms with van der Waals surface area (Å²) in [6.45, 7) is 0.876. The van der Waals surface area contributed by atoms with Gasteiger partial charge in [0, 0.05) is 17.8 Å². The summed E-state index contributed by atoms with van der Waals surface area (Å²) in [5.74, 6) is 0. The van der Waals surface area contributed by atoms with Crippen molar-refractivity contribution in [1.82, 2.24) is 14.5 Å². The lowest BCUT2D eigenvalue weighted by Crippen LogP contribution is -2.16. The SMILES string of the molecule is CN(C)Cn1ccc2cccnc21. The first-order valence-corrected chi connectivity index (χ1v) is 4.32. The smallest absolute Gasteiger partial charge is 0.140 e. The molecule has 0 aromatic carbocycles. The zero-order chi connectivity index (χ0) is 9.26. The minimum Gasteiger partial charge on any atom is -0.319 e. The molecule has 0 fully saturated rings. The number of nitrogens with zero attached hydrogens (tertiary/aromatic N) is 3. The summed E-state index contributed by atoms with van der Waals surface area (Å²) in [6, 6.07) is 6.13. The molecule has 2 aromatic heterocycles. The monoisotopic (exact) mass is 175 g/mol. The fourth-order valence-corrected chi connectivity index (χ4v) is 1.44. The number of fused-ring (bicyclic) bond motifs is 1. The highest BCUT2D eigenvalue weighted by Crippen LogP contribution is 2.11. The highest BCUT2D eigenvalue weighted by molar-refractivity contribution is 5.75. The molecule has 2 aromatic rings. The maximum atomic E-state index is 4.33. The Morgan fingerprint density at radius 3 is 3.00 bits per heavy atom. The van der Waals surface area contributed by atoms with Gasteiger partial charge in [0.15, 0.2) is 0 Å². The molecular formula is C10H13N3. The molecule has 0 aliphatic rings. The molecule has 0 atom stereocenters. The van der Waals surface area contributed by atoms with E-state index in [1.165, 1.54) is 5.39 Å². The Kier molecular flexibility index (Phi) is 2.02. The lowest BCUT2D eigenvalue weighted by atomic mass is 10.3. The topological polar surface area (TPSA) is 21.1 Å². The first-order chi connectivity index (χ1) is 6.27. The van der Waals surface area contributed by atoms with Crippen LogP contribution in [-0.4, -0.2) is 28.5 Å². The van der Waals surface area contributed by atoms with Gasteiger partial charge >= 0.3 is 0 Å². The second-order valence-corrected chi connectivity index (χ2v) is 3.42. The average molecular weight is 175 g/mol. The summed E-state index contributed by atoms with van der Waals surface area (Å²) in [4.78, 5) is 6.45. The van der Waals surface area contributed by atoms with Gasteiger partial charge in [0.05, 0.1) is 6.67 Å². The van der Waals surface area contributed by atoms with E-state index in [-0.39, 0.29) is 0 Å². The van der Waals surface area contributed by atoms with E-state index in [9.17, 15) is 0 Å². The van der Waals surface area contributed by atoms with E-state index in [1.807, 2.05) is 12.3 Å². The van der Waals surface area contributed by atoms with Crippen molar-refractivity contribution in [2.75, 3.05) is 14.1 Å². The lowest BCUT2D eigenvalue weighted by Gasteiger charge is -2.11. The van der Waals surface area contributed by atoms with Crippen LogP contribution in [0.15, 0.2) is 30.6 Å². The van der Waals surface area contributed by atoms with Gasteiger partial charge < -0.3 is 4.57 Å². The third-order valence-corrected chi connectivity index (χ3v) is 1.96. The molecular weight excluding hydrogens is 162 g/mol. The van der Waals surface area contributed by atoms with Crippen molar-refractivity contribution in [3.05, 3.63) is 30.6 Å². The normalized spacial score (nSPS) is 11.3. The molecule has 68 valence electrons. The van der Waals surface area contributed by atoms with Crippen LogP contribution in [0.1, 0.15) is 0 Å². The maximum Gasteiger partial charge on any atom is 0.140 e. The van der Waals surface area contributed by atoms with Gasteiger partial charge in [0.2, 0.25) is 0 Å². The Hall–Kier alpha value is -1.35. The van der Waals surface area contributed by atoms with E-state index in [0.29, 0.717) is 0 Å². The Morgan fingerprint density at radius 1 is 1.38 bits per heavy atom. The van der Waals surface area contributed by atoms with Gasteiger partial charge in [-0.15, -0.1) is 0 Å². The molecule has 2 heterocycles. The van der Waals surface area contributed by atoms with Crippen molar-refractivity contribution in [1.29, 1.82) is 0 Å². The molecule has 3 nitrogen and oxygen atoms in total. The van der Waals surface area contributed by atoms with Crippen LogP contribution in [0.4, 0.5) is 0 Å². The molecule has 0 unspecified atom stereocenters. The first kappa shape index (κ1) is 8.26. The van der Waals surface area contributed by atoms with Crippen LogP contribution in [0, 0.1) is 0 Å². The van der Waals surface area contributed by atoms with Crippen molar-refractivity contribution in [2.24, 2.45) is 0 Å². The van der Waals surface area contributed by atoms with E-state index in [1.54, 1.807) is 0 Å². The van der Waals surface area contributed by atoms with Crippen molar-refractivity contribution in [3.63, 3.8) is 0 Å². The molecule has 2 rings (SSSR count). The predicted molar refractivity (Wildman–Crippen MR) is 53.4 cm³/mol. The molecule has 0 amide bonds. The van der Waals surface area contributed by atoms with Crippen LogP contribution in [0.25, 0.3) is 11.0 Å². The van der Waals surface area contributed by atoms with E-state index in [0.717, 1.165) is 12.3 Å². The van der Waals surface area contributed by atoms with Gasteiger partial charge in [-0.05, 0) is 32.3 Å². The van der Waals surface area contributed by atoms with Gasteiger partial charge in [-0.25, -0.2) is 4.98 Å². The second-order valence-electron chi connectivity index (χ2n) is 3.42. The fraction of sp³-hybridized carbons (Fsp3) is 0.300. The summed E-state index contributed by atoms with van der Waals surface area (Å²) >= 11 is 0. The van der Waals surface area contributed by atoms with E-state index in [4.69, 9.17) is 0 Å². The third kappa shape index (κ3) is 1.55. The molecule has 0 spiro atoms. The summed E-state index contributed by atoms with van der Waals surface area (Å²) in [5, 5.41) is 1.20. The molecule has 0 bridgehead atoms. The van der Waals surface area contributed by atoms with Crippen molar-refractivity contribution < 1.29 is 0 Å². The third-order valence-electron chi connectivity index (χ3n) is 1.96. The van der Waals surface area contributed by atoms with Gasteiger partial charge in [0.25, 0.3) is 0 Å². The molecule has 0 aliphatic heterocycles. The standard InChI is InChI=1S/C10H13N3/c1-12(2)8-13-7-5-9-4-3-6-11-10(9)13/h3-7H,8H2,1-2H3. The number of hydrogen-bond acceptors (Lipinski definition) is 2. The number of aromatic nitrogens is 2. The van der Waals surface area contributed by atoms with Gasteiger partial charge in [-0.2, -0.15) is 0 Å². The molecule has 3 heteroatoms. The average Bonchev–Trinajstić information content (AvgIpc) is 2.48. The second kappa shape index (κ2) is 3.18. The minimum absolute atomic E-state index is 0.876. The number of hydrogen-bond donors (Lipinski definition) is 0. The zero-order valence-corrected chi connectivity index (χ0v) is 7.94. The molecule has 13 heavy (non-hydrogen) atoms. The molecule has 0 aliphatic carbocycles. The Labute approximate surface area is 77.6 Å². The maximum absolute atomic E-state index is 4.33. The zero-order valence-electron chi connectivity index (χ0n) is 7.94. The van der Waals surface area contributed by atoms with Crippen LogP contribution in [0.3, 0.4) is 0 Å². The Balaban J connectivity index is 2.46. The predicted octanol–water partition coefficient (Wildman–Crippen LogP) is 1.56. The fourth-order valence-electron chi connectivity index (χ4n) is 1.44. The summed E-state index contributed by atoms with van der Waals surface area (Å²) in [6.07, 6.45) is 3.90. The van der Waals surface area contributed by atoms with Crippen LogP contribution < -0.4 is 0 Å². The summed E-state index contributed by atoms with van der Waals surface area (Å²) in [7, 11) is 4.10. The summed E-state index contributed by atoms with van der Waals surface area (Å²) in [5.41, 5.74) is 1.05. The summed E-state index contributed by atoms with van der Waals surface area (Å²) < 4.78 is 2.13. The quantitative estimate of drug-likeness (QED) is 0.690. The Bertz CT molecular complexity index is 403. The minimum atomic E-state index is 0.876. The lowest BCUT2D eigenvalue weighted by molar-refractivity contribution is 0.332. The van der Waals surface area contributed by atoms with Gasteiger partial charge in [-0.3, -0.25) is 4.90 Å². The molecule has 0 saturated heterocycles. The van der Waals surface area contributed by atoms with E-state index < -0.39 is 0 Å². The van der Waals surface area contributed by atoms with Crippen LogP contribution in [0.5, 0.6) is 0 Å². The Morgan fingerprint density at radius 2 is 2.23 bits per heavy atom. The van der Waals surface area contributed by atoms with Crippen molar-refractivity contribution >= 4 is 11.0 Å². The molecule has 0 N–H and O–H groups in total. The van der Waals surface area contributed by atoms with Gasteiger partial charge in [-0.1, -0.05) is 0 Å². The van der Waals surface area contributed by atoms with Crippen LogP contribution >= 0.6 is 0 Å². The van der Waals surface area contributed by atoms with Crippen molar-refractivity contribution in [3.8, 4) is 0 Å². The van der Waals surface area contributed by atoms with Crippen molar-refractivity contribution in [2.45, 2.75) is 6.67 Å².